The summed E-state index contributed by atoms with van der Waals surface area (Å²) >= 11 is 0. The van der Waals surface area contributed by atoms with Crippen LogP contribution in [-0.2, 0) is 11.3 Å². The molecule has 3 N–H and O–H groups in total. The number of carbonyl (C=O) groups excluding carboxylic acids is 1. The molecule has 0 aliphatic carbocycles. The van der Waals surface area contributed by atoms with Gasteiger partial charge in [0.05, 0.1) is 18.7 Å². The van der Waals surface area contributed by atoms with Crippen LogP contribution in [0.25, 0.3) is 33.3 Å². The van der Waals surface area contributed by atoms with E-state index >= 15 is 4.39 Å². The second-order valence-corrected chi connectivity index (χ2v) is 10.3. The third-order valence-corrected chi connectivity index (χ3v) is 7.86. The summed E-state index contributed by atoms with van der Waals surface area (Å²) in [5.74, 6) is 0.633. The highest BCUT2D eigenvalue weighted by atomic mass is 19.1. The maximum atomic E-state index is 15.5. The van der Waals surface area contributed by atoms with E-state index in [9.17, 15) is 4.79 Å². The Morgan fingerprint density at radius 2 is 1.71 bits per heavy atom. The number of carbonyl (C=O) groups is 1. The Bertz CT molecular complexity index is 1800. The topological polar surface area (TPSA) is 101 Å². The molecule has 212 valence electrons. The van der Waals surface area contributed by atoms with Gasteiger partial charge in [-0.05, 0) is 77.9 Å². The smallest absolute Gasteiger partial charge is 0.237 e. The van der Waals surface area contributed by atoms with Crippen molar-refractivity contribution >= 4 is 28.4 Å². The number of hydrogen-bond acceptors (Lipinski definition) is 7. The molecule has 9 heteroatoms. The number of hydrogen-bond donors (Lipinski definition) is 3. The van der Waals surface area contributed by atoms with Crippen LogP contribution in [0.15, 0.2) is 73.2 Å². The predicted octanol–water partition coefficient (Wildman–Crippen LogP) is 5.85. The Labute approximate surface area is 243 Å². The molecule has 5 aromatic rings. The van der Waals surface area contributed by atoms with Crippen LogP contribution in [0.3, 0.4) is 0 Å². The van der Waals surface area contributed by atoms with E-state index < -0.39 is 0 Å². The summed E-state index contributed by atoms with van der Waals surface area (Å²) < 4.78 is 21.1. The lowest BCUT2D eigenvalue weighted by Gasteiger charge is -2.18. The van der Waals surface area contributed by atoms with E-state index in [0.29, 0.717) is 35.6 Å². The number of aromatic nitrogens is 3. The summed E-state index contributed by atoms with van der Waals surface area (Å²) in [6.07, 6.45) is 5.71. The maximum absolute atomic E-state index is 15.5. The van der Waals surface area contributed by atoms with E-state index in [1.807, 2.05) is 43.3 Å². The van der Waals surface area contributed by atoms with Crippen molar-refractivity contribution in [2.75, 3.05) is 19.0 Å². The average Bonchev–Trinajstić information content (AvgIpc) is 3.42. The van der Waals surface area contributed by atoms with E-state index in [1.54, 1.807) is 24.7 Å². The third kappa shape index (κ3) is 5.14. The fourth-order valence-corrected chi connectivity index (χ4v) is 5.55. The van der Waals surface area contributed by atoms with Gasteiger partial charge in [0.15, 0.2) is 5.82 Å². The molecule has 1 unspecified atom stereocenters. The Hall–Kier alpha value is -4.89. The molecular formula is C33H31FN6O2. The van der Waals surface area contributed by atoms with Crippen molar-refractivity contribution in [1.29, 1.82) is 0 Å². The normalized spacial score (nSPS) is 14.7. The highest BCUT2D eigenvalue weighted by Gasteiger charge is 2.24. The first-order chi connectivity index (χ1) is 20.4. The molecule has 3 heterocycles. The summed E-state index contributed by atoms with van der Waals surface area (Å²) in [5.41, 5.74) is 8.54. The van der Waals surface area contributed by atoms with E-state index in [0.717, 1.165) is 44.6 Å². The zero-order valence-corrected chi connectivity index (χ0v) is 23.7. The molecule has 6 rings (SSSR count). The van der Waals surface area contributed by atoms with Crippen LogP contribution in [0.4, 0.5) is 15.9 Å². The van der Waals surface area contributed by atoms with Crippen LogP contribution in [0.5, 0.6) is 5.75 Å². The Morgan fingerprint density at radius 1 is 0.952 bits per heavy atom. The van der Waals surface area contributed by atoms with Gasteiger partial charge in [0.2, 0.25) is 5.91 Å². The highest BCUT2D eigenvalue weighted by molar-refractivity contribution is 5.89. The van der Waals surface area contributed by atoms with Crippen molar-refractivity contribution < 1.29 is 13.9 Å². The van der Waals surface area contributed by atoms with E-state index in [2.05, 4.69) is 50.0 Å². The van der Waals surface area contributed by atoms with Crippen molar-refractivity contribution in [3.63, 3.8) is 0 Å². The van der Waals surface area contributed by atoms with Gasteiger partial charge < -0.3 is 20.7 Å². The molecule has 1 fully saturated rings. The lowest BCUT2D eigenvalue weighted by atomic mass is 9.90. The number of amides is 1. The van der Waals surface area contributed by atoms with E-state index in [4.69, 9.17) is 4.74 Å². The average molecular weight is 563 g/mol. The van der Waals surface area contributed by atoms with Gasteiger partial charge in [-0.1, -0.05) is 30.3 Å². The molecule has 1 amide bonds. The molecule has 0 radical (unpaired) electrons. The minimum absolute atomic E-state index is 0.0601. The summed E-state index contributed by atoms with van der Waals surface area (Å²) in [4.78, 5) is 25.3. The first kappa shape index (κ1) is 27.3. The number of fused-ring (bicyclic) bond motifs is 1. The van der Waals surface area contributed by atoms with Gasteiger partial charge in [-0.15, -0.1) is 0 Å². The molecule has 0 spiro atoms. The molecular weight excluding hydrogens is 531 g/mol. The molecule has 1 saturated heterocycles. The lowest BCUT2D eigenvalue weighted by Crippen LogP contribution is -2.35. The largest absolute Gasteiger partial charge is 0.496 e. The number of nitrogens with one attached hydrogen (secondary N) is 3. The zero-order chi connectivity index (χ0) is 29.2. The maximum Gasteiger partial charge on any atom is 0.237 e. The van der Waals surface area contributed by atoms with Crippen molar-refractivity contribution in [2.24, 2.45) is 0 Å². The summed E-state index contributed by atoms with van der Waals surface area (Å²) in [5, 5.41) is 9.39. The zero-order valence-electron chi connectivity index (χ0n) is 23.7. The molecule has 1 atom stereocenters. The molecule has 1 aliphatic rings. The van der Waals surface area contributed by atoms with Crippen LogP contribution in [0, 0.1) is 19.7 Å². The summed E-state index contributed by atoms with van der Waals surface area (Å²) in [7, 11) is 1.53. The Balaban J connectivity index is 1.33. The minimum atomic E-state index is -0.381. The number of pyridine rings is 1. The van der Waals surface area contributed by atoms with Crippen LogP contribution >= 0.6 is 0 Å². The molecule has 42 heavy (non-hydrogen) atoms. The van der Waals surface area contributed by atoms with Gasteiger partial charge in [-0.3, -0.25) is 9.78 Å². The van der Waals surface area contributed by atoms with Crippen LogP contribution in [0.2, 0.25) is 0 Å². The van der Waals surface area contributed by atoms with Crippen molar-refractivity contribution in [3.8, 4) is 28.0 Å². The van der Waals surface area contributed by atoms with Gasteiger partial charge in [0.25, 0.3) is 0 Å². The minimum Gasteiger partial charge on any atom is -0.496 e. The first-order valence-corrected chi connectivity index (χ1v) is 13.8. The second kappa shape index (κ2) is 11.5. The fourth-order valence-electron chi connectivity index (χ4n) is 5.55. The second-order valence-electron chi connectivity index (χ2n) is 10.3. The van der Waals surface area contributed by atoms with Crippen molar-refractivity contribution in [1.82, 2.24) is 25.6 Å². The van der Waals surface area contributed by atoms with Crippen LogP contribution in [0.1, 0.15) is 23.1 Å². The number of methoxy groups -OCH3 is 1. The Kier molecular flexibility index (Phi) is 7.50. The quantitative estimate of drug-likeness (QED) is 0.218. The number of ether oxygens (including phenoxy) is 1. The standard InChI is InChI=1S/C33H31FN6O2/c1-19-22(21-16-26(34)25(30(17-21)42-3)18-39-29-11-13-38-33(29)41)6-4-7-23(19)24-8-5-9-27(20(24)2)40-32-31-28(10-12-37-32)35-14-15-36-31/h4-10,12,14-17,29,39H,11,13,18H2,1-3H3,(H,37,40)(H,38,41). The van der Waals surface area contributed by atoms with Gasteiger partial charge >= 0.3 is 0 Å². The van der Waals surface area contributed by atoms with E-state index in [1.165, 1.54) is 7.11 Å². The predicted molar refractivity (Wildman–Crippen MR) is 162 cm³/mol. The number of nitrogens with zero attached hydrogens (tertiary/aromatic N) is 3. The molecule has 0 bridgehead atoms. The number of anilines is 2. The molecule has 3 aromatic carbocycles. The molecule has 1 aliphatic heterocycles. The van der Waals surface area contributed by atoms with Gasteiger partial charge in [0, 0.05) is 42.9 Å². The van der Waals surface area contributed by atoms with Crippen molar-refractivity contribution in [2.45, 2.75) is 32.9 Å². The lowest BCUT2D eigenvalue weighted by molar-refractivity contribution is -0.120. The van der Waals surface area contributed by atoms with Crippen molar-refractivity contribution in [3.05, 3.63) is 95.7 Å². The summed E-state index contributed by atoms with van der Waals surface area (Å²) in [6, 6.07) is 17.0. The monoisotopic (exact) mass is 562 g/mol. The highest BCUT2D eigenvalue weighted by Crippen LogP contribution is 2.38. The fraction of sp³-hybridized carbons (Fsp3) is 0.212. The van der Waals surface area contributed by atoms with Crippen LogP contribution < -0.4 is 20.7 Å². The van der Waals surface area contributed by atoms with Crippen LogP contribution in [-0.4, -0.2) is 40.6 Å². The SMILES string of the molecule is COc1cc(-c2cccc(-c3cccc(Nc4nccc5nccnc45)c3C)c2C)cc(F)c1CNC1CCNC1=O. The van der Waals surface area contributed by atoms with Gasteiger partial charge in [-0.2, -0.15) is 0 Å². The van der Waals surface area contributed by atoms with E-state index in [-0.39, 0.29) is 24.3 Å². The third-order valence-electron chi connectivity index (χ3n) is 7.86. The molecule has 8 nitrogen and oxygen atoms in total. The first-order valence-electron chi connectivity index (χ1n) is 13.8. The van der Waals surface area contributed by atoms with Gasteiger partial charge in [0.1, 0.15) is 17.1 Å². The van der Waals surface area contributed by atoms with Gasteiger partial charge in [-0.25, -0.2) is 14.4 Å². The number of benzene rings is 3. The summed E-state index contributed by atoms with van der Waals surface area (Å²) in [6.45, 7) is 4.93. The molecule has 0 saturated carbocycles. The number of halogens is 1. The molecule has 2 aromatic heterocycles. The number of rotatable bonds is 8. The Morgan fingerprint density at radius 3 is 2.50 bits per heavy atom.